The fourth-order valence-corrected chi connectivity index (χ4v) is 3.66. The van der Waals surface area contributed by atoms with Crippen LogP contribution in [-0.2, 0) is 14.3 Å². The van der Waals surface area contributed by atoms with Crippen LogP contribution in [0.5, 0.6) is 5.75 Å². The predicted molar refractivity (Wildman–Crippen MR) is 94.2 cm³/mol. The van der Waals surface area contributed by atoms with Crippen molar-refractivity contribution in [3.63, 3.8) is 0 Å². The number of rotatable bonds is 6. The molecule has 0 amide bonds. The Balaban J connectivity index is 2.39. The molecule has 3 atom stereocenters. The first-order chi connectivity index (χ1) is 11.9. The number of esters is 1. The molecule has 1 aromatic rings. The fourth-order valence-electron chi connectivity index (χ4n) is 3.66. The molecule has 1 heterocycles. The minimum atomic E-state index is -0.827. The van der Waals surface area contributed by atoms with E-state index in [1.807, 2.05) is 24.3 Å². The van der Waals surface area contributed by atoms with E-state index in [0.29, 0.717) is 6.61 Å². The van der Waals surface area contributed by atoms with Crippen LogP contribution in [0, 0.1) is 23.2 Å². The second-order valence-electron chi connectivity index (χ2n) is 7.02. The van der Waals surface area contributed by atoms with E-state index in [1.54, 1.807) is 14.0 Å². The first kappa shape index (κ1) is 19.3. The molecule has 1 fully saturated rings. The lowest BCUT2D eigenvalue weighted by Crippen LogP contribution is -2.39. The largest absolute Gasteiger partial charge is 0.497 e. The quantitative estimate of drug-likeness (QED) is 0.736. The minimum absolute atomic E-state index is 0.172. The van der Waals surface area contributed by atoms with Crippen LogP contribution in [0.1, 0.15) is 45.1 Å². The average Bonchev–Trinajstić information content (AvgIpc) is 2.59. The zero-order valence-corrected chi connectivity index (χ0v) is 15.5. The van der Waals surface area contributed by atoms with Gasteiger partial charge in [-0.15, -0.1) is 0 Å². The summed E-state index contributed by atoms with van der Waals surface area (Å²) in [5.41, 5.74) is 0.700. The lowest BCUT2D eigenvalue weighted by molar-refractivity contribution is -0.148. The molecule has 0 N–H and O–H groups in total. The van der Waals surface area contributed by atoms with Gasteiger partial charge >= 0.3 is 5.97 Å². The average molecular weight is 345 g/mol. The van der Waals surface area contributed by atoms with Crippen LogP contribution < -0.4 is 4.74 Å². The molecule has 0 aliphatic carbocycles. The number of carbonyl (C=O) groups is 1. The molecule has 0 bridgehead atoms. The SMILES string of the molecule is CCOC(=O)[C@H](C#N)[C@H](c1ccc(OC)cc1)[C@H]1CCOC(C)(C)C1. The van der Waals surface area contributed by atoms with Crippen LogP contribution in [0.15, 0.2) is 24.3 Å². The molecule has 1 saturated heterocycles. The Labute approximate surface area is 149 Å². The third kappa shape index (κ3) is 4.73. The van der Waals surface area contributed by atoms with E-state index >= 15 is 0 Å². The van der Waals surface area contributed by atoms with Crippen LogP contribution in [-0.4, -0.2) is 31.9 Å². The number of nitrogens with zero attached hydrogens (tertiary/aromatic N) is 1. The lowest BCUT2D eigenvalue weighted by atomic mass is 9.71. The van der Waals surface area contributed by atoms with Crippen molar-refractivity contribution in [2.75, 3.05) is 20.3 Å². The maximum atomic E-state index is 12.4. The van der Waals surface area contributed by atoms with Crippen LogP contribution in [0.3, 0.4) is 0 Å². The molecule has 136 valence electrons. The normalized spacial score (nSPS) is 21.6. The molecule has 0 radical (unpaired) electrons. The Morgan fingerprint density at radius 3 is 2.60 bits per heavy atom. The van der Waals surface area contributed by atoms with Gasteiger partial charge in [-0.25, -0.2) is 0 Å². The Morgan fingerprint density at radius 1 is 1.40 bits per heavy atom. The van der Waals surface area contributed by atoms with E-state index in [4.69, 9.17) is 14.2 Å². The van der Waals surface area contributed by atoms with Gasteiger partial charge in [0.15, 0.2) is 5.92 Å². The van der Waals surface area contributed by atoms with Crippen molar-refractivity contribution in [3.8, 4) is 11.8 Å². The lowest BCUT2D eigenvalue weighted by Gasteiger charge is -2.40. The third-order valence-corrected chi connectivity index (χ3v) is 4.78. The number of methoxy groups -OCH3 is 1. The summed E-state index contributed by atoms with van der Waals surface area (Å²) in [4.78, 5) is 12.4. The molecule has 0 spiro atoms. The van der Waals surface area contributed by atoms with Crippen molar-refractivity contribution >= 4 is 5.97 Å². The molecular formula is C20H27NO4. The minimum Gasteiger partial charge on any atom is -0.497 e. The molecule has 1 aliphatic rings. The molecule has 0 unspecified atom stereocenters. The van der Waals surface area contributed by atoms with Gasteiger partial charge in [-0.1, -0.05) is 12.1 Å². The highest BCUT2D eigenvalue weighted by atomic mass is 16.5. The number of ether oxygens (including phenoxy) is 3. The highest BCUT2D eigenvalue weighted by Crippen LogP contribution is 2.42. The Kier molecular flexibility index (Phi) is 6.44. The summed E-state index contributed by atoms with van der Waals surface area (Å²) in [5, 5.41) is 9.71. The van der Waals surface area contributed by atoms with Gasteiger partial charge in [0.1, 0.15) is 5.75 Å². The maximum absolute atomic E-state index is 12.4. The second kappa shape index (κ2) is 8.35. The standard InChI is InChI=1S/C20H27NO4/c1-5-24-19(22)17(13-21)18(14-6-8-16(23-4)9-7-14)15-10-11-25-20(2,3)12-15/h6-9,15,17-18H,5,10-12H2,1-4H3/t15-,17+,18+/m0/s1. The van der Waals surface area contributed by atoms with Crippen molar-refractivity contribution < 1.29 is 19.0 Å². The molecule has 0 aromatic heterocycles. The molecule has 2 rings (SSSR count). The van der Waals surface area contributed by atoms with Gasteiger partial charge in [0.2, 0.25) is 0 Å². The van der Waals surface area contributed by atoms with Crippen molar-refractivity contribution in [2.45, 2.75) is 45.1 Å². The molecule has 0 saturated carbocycles. The first-order valence-corrected chi connectivity index (χ1v) is 8.76. The fraction of sp³-hybridized carbons (Fsp3) is 0.600. The highest BCUT2D eigenvalue weighted by Gasteiger charge is 2.41. The van der Waals surface area contributed by atoms with E-state index in [1.165, 1.54) is 0 Å². The molecular weight excluding hydrogens is 318 g/mol. The van der Waals surface area contributed by atoms with Gasteiger partial charge < -0.3 is 14.2 Å². The van der Waals surface area contributed by atoms with Crippen molar-refractivity contribution in [1.82, 2.24) is 0 Å². The third-order valence-electron chi connectivity index (χ3n) is 4.78. The number of hydrogen-bond acceptors (Lipinski definition) is 5. The zero-order chi connectivity index (χ0) is 18.4. The van der Waals surface area contributed by atoms with Crippen molar-refractivity contribution in [2.24, 2.45) is 11.8 Å². The van der Waals surface area contributed by atoms with E-state index < -0.39 is 11.9 Å². The number of benzene rings is 1. The smallest absolute Gasteiger partial charge is 0.323 e. The Morgan fingerprint density at radius 2 is 2.08 bits per heavy atom. The molecule has 1 aromatic carbocycles. The van der Waals surface area contributed by atoms with Crippen molar-refractivity contribution in [3.05, 3.63) is 29.8 Å². The Bertz CT molecular complexity index is 618. The summed E-state index contributed by atoms with van der Waals surface area (Å²) in [6.07, 6.45) is 1.61. The van der Waals surface area contributed by atoms with Gasteiger partial charge in [0.25, 0.3) is 0 Å². The maximum Gasteiger partial charge on any atom is 0.323 e. The van der Waals surface area contributed by atoms with Crippen LogP contribution >= 0.6 is 0 Å². The summed E-state index contributed by atoms with van der Waals surface area (Å²) in [6, 6.07) is 9.81. The highest BCUT2D eigenvalue weighted by molar-refractivity contribution is 5.76. The molecule has 1 aliphatic heterocycles. The molecule has 5 heteroatoms. The predicted octanol–water partition coefficient (Wildman–Crippen LogP) is 3.69. The second-order valence-corrected chi connectivity index (χ2v) is 7.02. The monoisotopic (exact) mass is 345 g/mol. The topological polar surface area (TPSA) is 68.6 Å². The van der Waals surface area contributed by atoms with E-state index in [0.717, 1.165) is 24.2 Å². The van der Waals surface area contributed by atoms with Gasteiger partial charge in [0.05, 0.1) is 25.4 Å². The van der Waals surface area contributed by atoms with Crippen LogP contribution in [0.25, 0.3) is 0 Å². The van der Waals surface area contributed by atoms with Crippen molar-refractivity contribution in [1.29, 1.82) is 5.26 Å². The zero-order valence-electron chi connectivity index (χ0n) is 15.5. The number of hydrogen-bond donors (Lipinski definition) is 0. The van der Waals surface area contributed by atoms with Gasteiger partial charge in [-0.05, 0) is 57.2 Å². The molecule has 25 heavy (non-hydrogen) atoms. The van der Waals surface area contributed by atoms with Gasteiger partial charge in [0, 0.05) is 12.5 Å². The number of carbonyl (C=O) groups excluding carboxylic acids is 1. The number of nitriles is 1. The summed E-state index contributed by atoms with van der Waals surface area (Å²) >= 11 is 0. The molecule has 5 nitrogen and oxygen atoms in total. The Hall–Kier alpha value is -2.06. The summed E-state index contributed by atoms with van der Waals surface area (Å²) in [5.74, 6) is -0.578. The van der Waals surface area contributed by atoms with Crippen LogP contribution in [0.2, 0.25) is 0 Å². The van der Waals surface area contributed by atoms with E-state index in [9.17, 15) is 10.1 Å². The van der Waals surface area contributed by atoms with Crippen LogP contribution in [0.4, 0.5) is 0 Å². The summed E-state index contributed by atoms with van der Waals surface area (Å²) in [7, 11) is 1.62. The van der Waals surface area contributed by atoms with E-state index in [-0.39, 0.29) is 24.0 Å². The van der Waals surface area contributed by atoms with E-state index in [2.05, 4.69) is 19.9 Å². The van der Waals surface area contributed by atoms with Gasteiger partial charge in [-0.3, -0.25) is 4.79 Å². The van der Waals surface area contributed by atoms with Gasteiger partial charge in [-0.2, -0.15) is 5.26 Å². The first-order valence-electron chi connectivity index (χ1n) is 8.76. The summed E-state index contributed by atoms with van der Waals surface area (Å²) < 4.78 is 16.2. The summed E-state index contributed by atoms with van der Waals surface area (Å²) in [6.45, 7) is 6.76.